The number of rotatable bonds is 17. The third kappa shape index (κ3) is 23.3. The molecule has 0 radical (unpaired) electrons. The number of aliphatic hydroxyl groups excluding tert-OH is 11. The van der Waals surface area contributed by atoms with Crippen LogP contribution in [0.15, 0.2) is 59.1 Å². The molecule has 26 nitrogen and oxygen atoms in total. The highest BCUT2D eigenvalue weighted by Gasteiger charge is 2.54. The third-order valence-corrected chi connectivity index (χ3v) is 22.1. The van der Waals surface area contributed by atoms with Crippen LogP contribution in [0.5, 0.6) is 0 Å². The zero-order valence-corrected chi connectivity index (χ0v) is 61.6. The van der Waals surface area contributed by atoms with Gasteiger partial charge in [-0.1, -0.05) is 65.0 Å². The molecule has 1 aromatic carbocycles. The van der Waals surface area contributed by atoms with E-state index in [0.717, 1.165) is 13.0 Å². The summed E-state index contributed by atoms with van der Waals surface area (Å²) >= 11 is 1.21. The first-order chi connectivity index (χ1) is 48.0. The molecule has 0 saturated carbocycles. The van der Waals surface area contributed by atoms with Crippen LogP contribution in [0.2, 0.25) is 0 Å². The lowest BCUT2D eigenvalue weighted by molar-refractivity contribution is -0.333. The lowest BCUT2D eigenvalue weighted by Crippen LogP contribution is -2.60. The number of ketones is 2. The molecule has 5 heterocycles. The summed E-state index contributed by atoms with van der Waals surface area (Å²) in [7, 11) is 0. The van der Waals surface area contributed by atoms with Gasteiger partial charge in [-0.25, -0.2) is 4.79 Å². The van der Waals surface area contributed by atoms with E-state index in [1.54, 1.807) is 98.9 Å². The lowest BCUT2D eigenvalue weighted by Gasteiger charge is -2.45. The summed E-state index contributed by atoms with van der Waals surface area (Å²) in [4.78, 5) is 65.4. The monoisotopic (exact) mass is 1460 g/mol. The molecule has 12 N–H and O–H groups in total. The van der Waals surface area contributed by atoms with Gasteiger partial charge in [0, 0.05) is 105 Å². The van der Waals surface area contributed by atoms with Gasteiger partial charge >= 0.3 is 17.9 Å². The molecule has 0 amide bonds. The van der Waals surface area contributed by atoms with Crippen molar-refractivity contribution in [2.24, 2.45) is 35.5 Å². The summed E-state index contributed by atoms with van der Waals surface area (Å²) in [5, 5.41) is 135. The van der Waals surface area contributed by atoms with E-state index in [-0.39, 0.29) is 68.2 Å². The Balaban J connectivity index is 0.916. The number of ether oxygens (including phenoxy) is 9. The number of benzene rings is 1. The average Bonchev–Trinajstić information content (AvgIpc) is 1.39. The third-order valence-electron chi connectivity index (χ3n) is 21.4. The Bertz CT molecular complexity index is 3050. The molecule has 1 aliphatic carbocycles. The molecular formula is C75H114O26S. The number of carbonyl (C=O) groups is 5. The van der Waals surface area contributed by atoms with E-state index >= 15 is 0 Å². The first-order valence-electron chi connectivity index (χ1n) is 36.2. The summed E-state index contributed by atoms with van der Waals surface area (Å²) < 4.78 is 54.8. The smallest absolute Gasteiger partial charge is 0.330 e. The zero-order valence-electron chi connectivity index (χ0n) is 60.8. The van der Waals surface area contributed by atoms with E-state index in [1.807, 2.05) is 6.92 Å². The molecule has 27 heteroatoms. The maximum Gasteiger partial charge on any atom is 0.330 e. The van der Waals surface area contributed by atoms with E-state index in [0.29, 0.717) is 60.1 Å². The first kappa shape index (κ1) is 84.8. The lowest BCUT2D eigenvalue weighted by atomic mass is 9.77. The van der Waals surface area contributed by atoms with Crippen LogP contribution in [0, 0.1) is 35.5 Å². The van der Waals surface area contributed by atoms with Gasteiger partial charge in [0.2, 0.25) is 0 Å². The number of carbonyl (C=O) groups excluding carboxylic acids is 5. The highest BCUT2D eigenvalue weighted by molar-refractivity contribution is 8.03. The molecule has 576 valence electrons. The van der Waals surface area contributed by atoms with Crippen molar-refractivity contribution in [2.45, 2.75) is 313 Å². The zero-order chi connectivity index (χ0) is 75.4. The van der Waals surface area contributed by atoms with Crippen LogP contribution in [0.3, 0.4) is 0 Å². The van der Waals surface area contributed by atoms with Gasteiger partial charge in [-0.05, 0) is 109 Å². The largest absolute Gasteiger partial charge is 0.462 e. The number of thioether (sulfide) groups is 1. The summed E-state index contributed by atoms with van der Waals surface area (Å²) in [6.07, 6.45) is -12.0. The molecule has 30 atom stereocenters. The molecule has 0 spiro atoms. The number of aliphatic hydroxyl groups is 12. The van der Waals surface area contributed by atoms with Crippen molar-refractivity contribution in [3.8, 4) is 0 Å². The Morgan fingerprint density at radius 1 is 0.696 bits per heavy atom. The Kier molecular flexibility index (Phi) is 31.9. The van der Waals surface area contributed by atoms with Gasteiger partial charge < -0.3 is 104 Å². The Morgan fingerprint density at radius 3 is 2.04 bits per heavy atom. The molecule has 7 rings (SSSR count). The van der Waals surface area contributed by atoms with E-state index in [9.17, 15) is 85.3 Å². The number of hydrogen-bond acceptors (Lipinski definition) is 27. The van der Waals surface area contributed by atoms with Crippen LogP contribution >= 0.6 is 11.8 Å². The molecule has 1 aromatic rings. The number of esters is 3. The van der Waals surface area contributed by atoms with Crippen molar-refractivity contribution in [1.82, 2.24) is 0 Å². The second-order valence-corrected chi connectivity index (χ2v) is 30.5. The van der Waals surface area contributed by atoms with Crippen molar-refractivity contribution in [1.29, 1.82) is 0 Å². The fourth-order valence-corrected chi connectivity index (χ4v) is 15.2. The number of epoxide rings is 1. The van der Waals surface area contributed by atoms with E-state index < -0.39 is 200 Å². The van der Waals surface area contributed by atoms with Gasteiger partial charge in [0.1, 0.15) is 30.5 Å². The average molecular weight is 1460 g/mol. The van der Waals surface area contributed by atoms with Crippen molar-refractivity contribution >= 4 is 47.3 Å². The fourth-order valence-electron chi connectivity index (χ4n) is 14.7. The Morgan fingerprint density at radius 2 is 1.36 bits per heavy atom. The summed E-state index contributed by atoms with van der Waals surface area (Å²) in [5.41, 5.74) is 1.64. The topological polar surface area (TPSA) is 414 Å². The van der Waals surface area contributed by atoms with Crippen LogP contribution in [0.4, 0.5) is 0 Å². The van der Waals surface area contributed by atoms with Crippen LogP contribution in [-0.4, -0.2) is 244 Å². The minimum Gasteiger partial charge on any atom is -0.462 e. The molecular weight excluding hydrogens is 1350 g/mol. The molecule has 0 aromatic heterocycles. The number of hydrogen-bond donors (Lipinski definition) is 12. The second kappa shape index (κ2) is 38.4. The number of allylic oxidation sites excluding steroid dienone is 3. The number of cyclic esters (lactones) is 1. The fraction of sp³-hybridized carbons (Fsp3) is 0.747. The van der Waals surface area contributed by atoms with Gasteiger partial charge in [-0.3, -0.25) is 19.2 Å². The van der Waals surface area contributed by atoms with Gasteiger partial charge in [0.05, 0.1) is 108 Å². The van der Waals surface area contributed by atoms with E-state index in [2.05, 4.69) is 0 Å². The van der Waals surface area contributed by atoms with Gasteiger partial charge in [-0.2, -0.15) is 0 Å². The van der Waals surface area contributed by atoms with E-state index in [4.69, 9.17) is 42.6 Å². The van der Waals surface area contributed by atoms with Gasteiger partial charge in [0.25, 0.3) is 0 Å². The first-order valence-corrected chi connectivity index (χ1v) is 37.5. The van der Waals surface area contributed by atoms with Crippen molar-refractivity contribution in [2.75, 3.05) is 6.26 Å². The molecule has 102 heavy (non-hydrogen) atoms. The van der Waals surface area contributed by atoms with Crippen LogP contribution < -0.4 is 0 Å². The molecule has 30 unspecified atom stereocenters. The minimum absolute atomic E-state index is 0.0570. The molecule has 6 aliphatic rings. The van der Waals surface area contributed by atoms with Gasteiger partial charge in [0.15, 0.2) is 29.9 Å². The molecule has 2 bridgehead atoms. The second-order valence-electron chi connectivity index (χ2n) is 29.6. The number of Topliss-reactive ketones (excluding diaryl/α,β-unsaturated/α-hetero) is 1. The number of fused-ring (bicyclic) bond motifs is 4. The molecule has 4 saturated heterocycles. The summed E-state index contributed by atoms with van der Waals surface area (Å²) in [5.74, 6) is -9.52. The van der Waals surface area contributed by atoms with E-state index in [1.165, 1.54) is 30.0 Å². The summed E-state index contributed by atoms with van der Waals surface area (Å²) in [6, 6.07) is 4.88. The SMILES string of the molecule is CSC1=CC(=O)c2cc(/C=C(\C)C(O)C(C)C(=O)OC3CCC(OC4CCC(OC(C)C(C)C(O)C(C)C(O)C(C)C5OC(=O)/C=C/CC(O)CC(O)/C=C\CCC(C)C(O)CC6(O)OC(CC(OC(C)=O)CC(O)CC(O)CC(O)C7OC7C5C)CC(O)C6O)OC4C)OC3C)ccc2C1=O. The highest BCUT2D eigenvalue weighted by atomic mass is 32.2. The minimum atomic E-state index is -2.41. The predicted octanol–water partition coefficient (Wildman–Crippen LogP) is 4.98. The van der Waals surface area contributed by atoms with Crippen molar-refractivity contribution in [3.05, 3.63) is 75.7 Å². The Hall–Kier alpha value is -4.44. The summed E-state index contributed by atoms with van der Waals surface area (Å²) in [6.45, 7) is 18.4. The van der Waals surface area contributed by atoms with Gasteiger partial charge in [-0.15, -0.1) is 11.8 Å². The highest BCUT2D eigenvalue weighted by Crippen LogP contribution is 2.42. The maximum absolute atomic E-state index is 13.7. The quantitative estimate of drug-likeness (QED) is 0.0423. The van der Waals surface area contributed by atoms with Crippen molar-refractivity contribution < 1.29 is 128 Å². The predicted molar refractivity (Wildman–Crippen MR) is 372 cm³/mol. The van der Waals surface area contributed by atoms with Crippen molar-refractivity contribution in [3.63, 3.8) is 0 Å². The Labute approximate surface area is 602 Å². The standard InChI is InChI=1S/C75H114O26S/c1-36-16-13-14-17-48(77)28-49(78)18-15-19-63(85)99-70(42(7)71-72(100-71)57(82)31-51(80)29-50(79)30-52(96-46(11)76)32-53-33-58(83)73(90)75(92,101-53)35-59(36)84)40(5)68(88)39(4)67(87)38(3)43(8)93-64-24-22-60(44(9)94-64)97-65-25-23-61(45(10)95-65)98-74(91)41(6)66(86)37(2)26-47-20-21-54-55(27-47)56(81)34-62(102-12)69(54)89/h14-15,17,19-21,26-27,34,36,38-45,48-53,57-61,64-68,70-73,77-80,82-84,86-88,90,92H,13,16,18,22-25,28-33,35H2,1-12H3/b17-14-,19-15+,37-26+. The molecule has 5 aliphatic heterocycles. The maximum atomic E-state index is 13.7. The van der Waals surface area contributed by atoms with Crippen LogP contribution in [0.1, 0.15) is 192 Å². The normalized spacial score (nSPS) is 38.5. The van der Waals surface area contributed by atoms with Crippen LogP contribution in [0.25, 0.3) is 6.08 Å². The molecule has 4 fully saturated rings. The van der Waals surface area contributed by atoms with Crippen LogP contribution in [-0.2, 0) is 57.0 Å².